The predicted molar refractivity (Wildman–Crippen MR) is 120 cm³/mol. The number of rotatable bonds is 21. The molecule has 0 aliphatic heterocycles. The lowest BCUT2D eigenvalue weighted by atomic mass is 10.0. The standard InChI is InChI=1S/C23H48O4S/c1-3-5-16-19-22(24)20-17-14-12-10-8-6-7-9-11-13-15-18-21-23(4-2)28(25,26)27/h22-24H,3-21H2,1-2H3,(H,25,26,27). The summed E-state index contributed by atoms with van der Waals surface area (Å²) in [6.07, 6.45) is 21.2. The number of unbranched alkanes of at least 4 members (excludes halogenated alkanes) is 13. The molecule has 0 fully saturated rings. The molecule has 170 valence electrons. The predicted octanol–water partition coefficient (Wildman–Crippen LogP) is 7.06. The fourth-order valence-corrected chi connectivity index (χ4v) is 4.74. The first-order valence-electron chi connectivity index (χ1n) is 12.1. The number of aliphatic hydroxyl groups excluding tert-OH is 1. The highest BCUT2D eigenvalue weighted by Crippen LogP contribution is 2.17. The van der Waals surface area contributed by atoms with E-state index >= 15 is 0 Å². The van der Waals surface area contributed by atoms with Gasteiger partial charge in [-0.1, -0.05) is 110 Å². The number of aliphatic hydroxyl groups is 1. The van der Waals surface area contributed by atoms with Crippen LogP contribution in [0.25, 0.3) is 0 Å². The summed E-state index contributed by atoms with van der Waals surface area (Å²) in [4.78, 5) is 0. The van der Waals surface area contributed by atoms with Crippen molar-refractivity contribution in [2.75, 3.05) is 0 Å². The quantitative estimate of drug-likeness (QED) is 0.154. The van der Waals surface area contributed by atoms with Crippen LogP contribution in [0.15, 0.2) is 0 Å². The van der Waals surface area contributed by atoms with E-state index in [-0.39, 0.29) is 6.10 Å². The molecule has 0 amide bonds. The van der Waals surface area contributed by atoms with Crippen molar-refractivity contribution in [3.05, 3.63) is 0 Å². The molecule has 0 saturated carbocycles. The smallest absolute Gasteiger partial charge is 0.267 e. The molecule has 28 heavy (non-hydrogen) atoms. The average molecular weight is 421 g/mol. The molecule has 0 aliphatic rings. The summed E-state index contributed by atoms with van der Waals surface area (Å²) in [7, 11) is -3.85. The van der Waals surface area contributed by atoms with Crippen LogP contribution in [-0.4, -0.2) is 29.4 Å². The zero-order chi connectivity index (χ0) is 21.1. The molecule has 0 radical (unpaired) electrons. The Labute approximate surface area is 175 Å². The van der Waals surface area contributed by atoms with E-state index < -0.39 is 15.4 Å². The van der Waals surface area contributed by atoms with Crippen LogP contribution in [0.5, 0.6) is 0 Å². The van der Waals surface area contributed by atoms with Gasteiger partial charge in [-0.25, -0.2) is 0 Å². The summed E-state index contributed by atoms with van der Waals surface area (Å²) >= 11 is 0. The second-order valence-corrected chi connectivity index (χ2v) is 10.2. The van der Waals surface area contributed by atoms with Crippen LogP contribution in [0.3, 0.4) is 0 Å². The summed E-state index contributed by atoms with van der Waals surface area (Å²) < 4.78 is 31.4. The van der Waals surface area contributed by atoms with E-state index in [0.717, 1.165) is 25.7 Å². The molecule has 2 N–H and O–H groups in total. The Morgan fingerprint density at radius 3 is 1.32 bits per heavy atom. The second-order valence-electron chi connectivity index (χ2n) is 8.51. The fraction of sp³-hybridized carbons (Fsp3) is 1.00. The minimum absolute atomic E-state index is 0.0764. The van der Waals surface area contributed by atoms with Crippen LogP contribution in [0.4, 0.5) is 0 Å². The molecule has 0 rings (SSSR count). The van der Waals surface area contributed by atoms with Gasteiger partial charge < -0.3 is 5.11 Å². The molecule has 0 aromatic carbocycles. The Kier molecular flexibility index (Phi) is 18.8. The number of hydrogen-bond acceptors (Lipinski definition) is 3. The van der Waals surface area contributed by atoms with Gasteiger partial charge in [0.25, 0.3) is 10.1 Å². The first-order valence-corrected chi connectivity index (χ1v) is 13.6. The Balaban J connectivity index is 3.28. The van der Waals surface area contributed by atoms with Gasteiger partial charge in [0.05, 0.1) is 11.4 Å². The van der Waals surface area contributed by atoms with Crippen molar-refractivity contribution in [1.82, 2.24) is 0 Å². The third-order valence-corrected chi connectivity index (χ3v) is 7.24. The third-order valence-electron chi connectivity index (χ3n) is 5.83. The van der Waals surface area contributed by atoms with Crippen LogP contribution in [0.1, 0.15) is 136 Å². The molecule has 2 atom stereocenters. The summed E-state index contributed by atoms with van der Waals surface area (Å²) in [5.41, 5.74) is 0. The van der Waals surface area contributed by atoms with Crippen LogP contribution in [-0.2, 0) is 10.1 Å². The lowest BCUT2D eigenvalue weighted by Gasteiger charge is -2.10. The second kappa shape index (κ2) is 18.9. The molecule has 0 heterocycles. The molecule has 2 unspecified atom stereocenters. The van der Waals surface area contributed by atoms with E-state index in [1.165, 1.54) is 83.5 Å². The highest BCUT2D eigenvalue weighted by atomic mass is 32.2. The normalized spacial score (nSPS) is 14.3. The van der Waals surface area contributed by atoms with E-state index in [0.29, 0.717) is 12.8 Å². The van der Waals surface area contributed by atoms with Crippen LogP contribution >= 0.6 is 0 Å². The van der Waals surface area contributed by atoms with E-state index in [4.69, 9.17) is 4.55 Å². The maximum absolute atomic E-state index is 11.1. The maximum Gasteiger partial charge on any atom is 0.267 e. The molecule has 4 nitrogen and oxygen atoms in total. The van der Waals surface area contributed by atoms with E-state index in [2.05, 4.69) is 6.92 Å². The van der Waals surface area contributed by atoms with Crippen molar-refractivity contribution >= 4 is 10.1 Å². The van der Waals surface area contributed by atoms with Gasteiger partial charge in [-0.15, -0.1) is 0 Å². The van der Waals surface area contributed by atoms with E-state index in [9.17, 15) is 13.5 Å². The van der Waals surface area contributed by atoms with Gasteiger partial charge in [0.1, 0.15) is 0 Å². The van der Waals surface area contributed by atoms with Crippen molar-refractivity contribution in [2.24, 2.45) is 0 Å². The first kappa shape index (κ1) is 27.9. The van der Waals surface area contributed by atoms with Gasteiger partial charge in [0.15, 0.2) is 0 Å². The molecule has 0 aromatic heterocycles. The van der Waals surface area contributed by atoms with E-state index in [1.807, 2.05) is 6.92 Å². The van der Waals surface area contributed by atoms with Crippen LogP contribution in [0, 0.1) is 0 Å². The minimum Gasteiger partial charge on any atom is -0.393 e. The molecule has 5 heteroatoms. The topological polar surface area (TPSA) is 74.6 Å². The zero-order valence-corrected chi connectivity index (χ0v) is 19.5. The van der Waals surface area contributed by atoms with Gasteiger partial charge in [-0.2, -0.15) is 8.42 Å². The maximum atomic E-state index is 11.1. The molecular formula is C23H48O4S. The molecular weight excluding hydrogens is 372 g/mol. The summed E-state index contributed by atoms with van der Waals surface area (Å²) in [6.45, 7) is 4.02. The van der Waals surface area contributed by atoms with Gasteiger partial charge >= 0.3 is 0 Å². The molecule has 0 aromatic rings. The zero-order valence-electron chi connectivity index (χ0n) is 18.7. The Morgan fingerprint density at radius 2 is 0.964 bits per heavy atom. The largest absolute Gasteiger partial charge is 0.393 e. The van der Waals surface area contributed by atoms with E-state index in [1.54, 1.807) is 0 Å². The van der Waals surface area contributed by atoms with Gasteiger partial charge in [-0.3, -0.25) is 4.55 Å². The lowest BCUT2D eigenvalue weighted by molar-refractivity contribution is 0.147. The first-order chi connectivity index (χ1) is 13.4. The summed E-state index contributed by atoms with van der Waals surface area (Å²) in [5, 5.41) is 9.32. The monoisotopic (exact) mass is 420 g/mol. The van der Waals surface area contributed by atoms with Gasteiger partial charge in [-0.05, 0) is 25.7 Å². The molecule has 0 spiro atoms. The van der Waals surface area contributed by atoms with Crippen molar-refractivity contribution in [3.63, 3.8) is 0 Å². The fourth-order valence-electron chi connectivity index (χ4n) is 3.86. The highest BCUT2D eigenvalue weighted by Gasteiger charge is 2.19. The Bertz CT molecular complexity index is 422. The lowest BCUT2D eigenvalue weighted by Crippen LogP contribution is -2.19. The molecule has 0 bridgehead atoms. The summed E-state index contributed by atoms with van der Waals surface area (Å²) in [5.74, 6) is 0. The van der Waals surface area contributed by atoms with Gasteiger partial charge in [0, 0.05) is 0 Å². The SMILES string of the molecule is CCCCCC(O)CCCCCCCCCCCCCCC(CC)S(=O)(=O)O. The van der Waals surface area contributed by atoms with Crippen LogP contribution in [0.2, 0.25) is 0 Å². The highest BCUT2D eigenvalue weighted by molar-refractivity contribution is 7.86. The minimum atomic E-state index is -3.85. The average Bonchev–Trinajstić information content (AvgIpc) is 2.64. The number of hydrogen-bond donors (Lipinski definition) is 2. The Morgan fingerprint density at radius 1 is 0.607 bits per heavy atom. The third kappa shape index (κ3) is 17.9. The Hall–Kier alpha value is -0.130. The van der Waals surface area contributed by atoms with Crippen molar-refractivity contribution < 1.29 is 18.1 Å². The molecule has 0 aliphatic carbocycles. The van der Waals surface area contributed by atoms with Crippen molar-refractivity contribution in [3.8, 4) is 0 Å². The molecule has 0 saturated heterocycles. The van der Waals surface area contributed by atoms with Crippen molar-refractivity contribution in [1.29, 1.82) is 0 Å². The summed E-state index contributed by atoms with van der Waals surface area (Å²) in [6, 6.07) is 0. The van der Waals surface area contributed by atoms with Crippen molar-refractivity contribution in [2.45, 2.75) is 147 Å². The van der Waals surface area contributed by atoms with Crippen LogP contribution < -0.4 is 0 Å². The van der Waals surface area contributed by atoms with Gasteiger partial charge in [0.2, 0.25) is 0 Å².